The summed E-state index contributed by atoms with van der Waals surface area (Å²) in [6, 6.07) is 11.2. The second kappa shape index (κ2) is 9.03. The van der Waals surface area contributed by atoms with Crippen LogP contribution in [0.1, 0.15) is 20.8 Å². The third kappa shape index (κ3) is 4.40. The first-order chi connectivity index (χ1) is 15.0. The molecular formula is C22H19ClFN3O3S. The molecule has 0 unspecified atom stereocenters. The van der Waals surface area contributed by atoms with Crippen molar-refractivity contribution in [2.75, 3.05) is 33.3 Å². The minimum absolute atomic E-state index is 0.0786. The molecule has 1 aromatic heterocycles. The second-order valence-electron chi connectivity index (χ2n) is 6.95. The zero-order valence-electron chi connectivity index (χ0n) is 16.7. The third-order valence-corrected chi connectivity index (χ3v) is 6.26. The van der Waals surface area contributed by atoms with E-state index in [0.29, 0.717) is 42.6 Å². The second-order valence-corrected chi connectivity index (χ2v) is 8.21. The van der Waals surface area contributed by atoms with Gasteiger partial charge in [-0.3, -0.25) is 9.59 Å². The van der Waals surface area contributed by atoms with Gasteiger partial charge in [0.1, 0.15) is 22.3 Å². The van der Waals surface area contributed by atoms with Gasteiger partial charge >= 0.3 is 0 Å². The number of methoxy groups -OCH3 is 1. The molecule has 2 aromatic carbocycles. The summed E-state index contributed by atoms with van der Waals surface area (Å²) >= 11 is 7.39. The number of carbonyl (C=O) groups excluding carboxylic acids is 2. The fourth-order valence-electron chi connectivity index (χ4n) is 3.42. The molecule has 0 bridgehead atoms. The average molecular weight is 460 g/mol. The Bertz CT molecular complexity index is 1130. The van der Waals surface area contributed by atoms with Crippen LogP contribution in [0.2, 0.25) is 5.02 Å². The van der Waals surface area contributed by atoms with Crippen molar-refractivity contribution in [1.82, 2.24) is 14.8 Å². The SMILES string of the molecule is COc1ccccc1-c1nc(C(=O)N2CCN(C(=O)c3ccc(F)cc3Cl)CC2)cs1. The lowest BCUT2D eigenvalue weighted by Gasteiger charge is -2.34. The molecule has 1 aliphatic heterocycles. The minimum Gasteiger partial charge on any atom is -0.496 e. The van der Waals surface area contributed by atoms with Crippen LogP contribution in [-0.2, 0) is 0 Å². The normalized spacial score (nSPS) is 13.9. The molecule has 0 aliphatic carbocycles. The number of ether oxygens (including phenoxy) is 1. The number of piperazine rings is 1. The lowest BCUT2D eigenvalue weighted by atomic mass is 10.1. The monoisotopic (exact) mass is 459 g/mol. The van der Waals surface area contributed by atoms with Gasteiger partial charge in [0.25, 0.3) is 11.8 Å². The summed E-state index contributed by atoms with van der Waals surface area (Å²) in [5, 5.41) is 2.52. The molecule has 2 heterocycles. The number of hydrogen-bond acceptors (Lipinski definition) is 5. The summed E-state index contributed by atoms with van der Waals surface area (Å²) in [6.07, 6.45) is 0. The van der Waals surface area contributed by atoms with Crippen LogP contribution in [0.25, 0.3) is 10.6 Å². The van der Waals surface area contributed by atoms with E-state index in [-0.39, 0.29) is 22.4 Å². The smallest absolute Gasteiger partial charge is 0.273 e. The minimum atomic E-state index is -0.493. The fourth-order valence-corrected chi connectivity index (χ4v) is 4.50. The topological polar surface area (TPSA) is 62.7 Å². The van der Waals surface area contributed by atoms with Crippen LogP contribution >= 0.6 is 22.9 Å². The number of para-hydroxylation sites is 1. The predicted molar refractivity (Wildman–Crippen MR) is 117 cm³/mol. The summed E-state index contributed by atoms with van der Waals surface area (Å²) in [5.74, 6) is -0.247. The van der Waals surface area contributed by atoms with Gasteiger partial charge in [-0.1, -0.05) is 23.7 Å². The van der Waals surface area contributed by atoms with E-state index in [4.69, 9.17) is 16.3 Å². The molecule has 160 valence electrons. The van der Waals surface area contributed by atoms with E-state index in [0.717, 1.165) is 11.6 Å². The van der Waals surface area contributed by atoms with E-state index in [1.165, 1.54) is 23.5 Å². The van der Waals surface area contributed by atoms with Crippen molar-refractivity contribution in [3.05, 3.63) is 69.9 Å². The molecule has 1 fully saturated rings. The van der Waals surface area contributed by atoms with Crippen LogP contribution < -0.4 is 4.74 Å². The Hall–Kier alpha value is -2.97. The number of carbonyl (C=O) groups is 2. The molecule has 31 heavy (non-hydrogen) atoms. The maximum atomic E-state index is 13.2. The van der Waals surface area contributed by atoms with Gasteiger partial charge in [-0.15, -0.1) is 11.3 Å². The van der Waals surface area contributed by atoms with E-state index in [9.17, 15) is 14.0 Å². The van der Waals surface area contributed by atoms with Crippen molar-refractivity contribution in [3.8, 4) is 16.3 Å². The zero-order valence-corrected chi connectivity index (χ0v) is 18.3. The van der Waals surface area contributed by atoms with Crippen LogP contribution in [0.4, 0.5) is 4.39 Å². The molecule has 2 amide bonds. The van der Waals surface area contributed by atoms with Gasteiger partial charge in [0.05, 0.1) is 23.3 Å². The highest BCUT2D eigenvalue weighted by molar-refractivity contribution is 7.13. The van der Waals surface area contributed by atoms with Gasteiger partial charge in [0.15, 0.2) is 0 Å². The lowest BCUT2D eigenvalue weighted by molar-refractivity contribution is 0.0533. The Kier molecular flexibility index (Phi) is 6.20. The number of nitrogens with zero attached hydrogens (tertiary/aromatic N) is 3. The molecule has 0 atom stereocenters. The highest BCUT2D eigenvalue weighted by atomic mass is 35.5. The molecule has 0 N–H and O–H groups in total. The van der Waals surface area contributed by atoms with E-state index in [1.54, 1.807) is 22.3 Å². The Morgan fingerprint density at radius 2 is 1.74 bits per heavy atom. The number of benzene rings is 2. The van der Waals surface area contributed by atoms with Crippen molar-refractivity contribution in [2.45, 2.75) is 0 Å². The molecule has 4 rings (SSSR count). The average Bonchev–Trinajstić information content (AvgIpc) is 3.28. The highest BCUT2D eigenvalue weighted by Gasteiger charge is 2.28. The van der Waals surface area contributed by atoms with E-state index in [1.807, 2.05) is 24.3 Å². The maximum absolute atomic E-state index is 13.2. The first kappa shape index (κ1) is 21.3. The number of amides is 2. The van der Waals surface area contributed by atoms with Crippen LogP contribution in [0, 0.1) is 5.82 Å². The summed E-state index contributed by atoms with van der Waals surface area (Å²) in [5.41, 5.74) is 1.46. The Morgan fingerprint density at radius 1 is 1.06 bits per heavy atom. The largest absolute Gasteiger partial charge is 0.496 e. The van der Waals surface area contributed by atoms with Crippen molar-refractivity contribution in [1.29, 1.82) is 0 Å². The number of halogens is 2. The Balaban J connectivity index is 1.42. The number of rotatable bonds is 4. The van der Waals surface area contributed by atoms with Gasteiger partial charge in [0, 0.05) is 31.6 Å². The van der Waals surface area contributed by atoms with Gasteiger partial charge in [0.2, 0.25) is 0 Å². The van der Waals surface area contributed by atoms with Crippen molar-refractivity contribution >= 4 is 34.8 Å². The van der Waals surface area contributed by atoms with Crippen LogP contribution in [-0.4, -0.2) is 59.9 Å². The molecule has 6 nitrogen and oxygen atoms in total. The molecule has 0 radical (unpaired) electrons. The number of thiazole rings is 1. The number of hydrogen-bond donors (Lipinski definition) is 0. The Labute approximate surface area is 187 Å². The van der Waals surface area contributed by atoms with Crippen molar-refractivity contribution < 1.29 is 18.7 Å². The van der Waals surface area contributed by atoms with Gasteiger partial charge in [-0.25, -0.2) is 9.37 Å². The standard InChI is InChI=1S/C22H19ClFN3O3S/c1-30-19-5-3-2-4-16(19)20-25-18(13-31-20)22(29)27-10-8-26(9-11-27)21(28)15-7-6-14(24)12-17(15)23/h2-7,12-13H,8-11H2,1H3. The third-order valence-electron chi connectivity index (χ3n) is 5.08. The van der Waals surface area contributed by atoms with Crippen molar-refractivity contribution in [2.24, 2.45) is 0 Å². The predicted octanol–water partition coefficient (Wildman–Crippen LogP) is 4.21. The fraction of sp³-hybridized carbons (Fsp3) is 0.227. The first-order valence-electron chi connectivity index (χ1n) is 9.60. The van der Waals surface area contributed by atoms with Crippen LogP contribution in [0.5, 0.6) is 5.75 Å². The molecule has 1 saturated heterocycles. The van der Waals surface area contributed by atoms with Gasteiger partial charge in [-0.05, 0) is 30.3 Å². The van der Waals surface area contributed by atoms with Crippen molar-refractivity contribution in [3.63, 3.8) is 0 Å². The molecule has 0 saturated carbocycles. The maximum Gasteiger partial charge on any atom is 0.273 e. The van der Waals surface area contributed by atoms with Gasteiger partial charge < -0.3 is 14.5 Å². The lowest BCUT2D eigenvalue weighted by Crippen LogP contribution is -2.50. The van der Waals surface area contributed by atoms with E-state index < -0.39 is 5.82 Å². The zero-order chi connectivity index (χ0) is 22.0. The molecule has 1 aliphatic rings. The first-order valence-corrected chi connectivity index (χ1v) is 10.9. The Morgan fingerprint density at radius 3 is 2.42 bits per heavy atom. The molecule has 3 aromatic rings. The molecule has 0 spiro atoms. The van der Waals surface area contributed by atoms with E-state index in [2.05, 4.69) is 4.98 Å². The molecular weight excluding hydrogens is 441 g/mol. The quantitative estimate of drug-likeness (QED) is 0.586. The van der Waals surface area contributed by atoms with Gasteiger partial charge in [-0.2, -0.15) is 0 Å². The summed E-state index contributed by atoms with van der Waals surface area (Å²) in [4.78, 5) is 33.4. The summed E-state index contributed by atoms with van der Waals surface area (Å²) in [7, 11) is 1.60. The van der Waals surface area contributed by atoms with Crippen LogP contribution in [0.15, 0.2) is 47.8 Å². The summed E-state index contributed by atoms with van der Waals surface area (Å²) < 4.78 is 18.6. The van der Waals surface area contributed by atoms with E-state index >= 15 is 0 Å². The highest BCUT2D eigenvalue weighted by Crippen LogP contribution is 2.32. The summed E-state index contributed by atoms with van der Waals surface area (Å²) in [6.45, 7) is 1.49. The van der Waals surface area contributed by atoms with Crippen LogP contribution in [0.3, 0.4) is 0 Å². The number of aromatic nitrogens is 1. The molecule has 9 heteroatoms.